The normalized spacial score (nSPS) is 14.9. The molecule has 2 rings (SSSR count). The van der Waals surface area contributed by atoms with Crippen LogP contribution in [0.5, 0.6) is 0 Å². The van der Waals surface area contributed by atoms with Crippen molar-refractivity contribution in [2.45, 2.75) is 19.4 Å². The molecule has 0 saturated carbocycles. The third-order valence-electron chi connectivity index (χ3n) is 3.12. The molecule has 1 aromatic heterocycles. The molecule has 0 fully saturated rings. The highest BCUT2D eigenvalue weighted by Gasteiger charge is 2.41. The second kappa shape index (κ2) is 3.99. The fraction of sp³-hybridized carbons (Fsp3) is 0.333. The Kier molecular flexibility index (Phi) is 2.74. The Balaban J connectivity index is 2.65. The van der Waals surface area contributed by atoms with Gasteiger partial charge < -0.3 is 20.2 Å². The second-order valence-electron chi connectivity index (χ2n) is 4.57. The SMILES string of the molecule is CC(C)C(O)(C(=O)O)c1ccc2[nH]c(=O)[nH]c2c1. The van der Waals surface area contributed by atoms with Gasteiger partial charge in [-0.25, -0.2) is 9.59 Å². The van der Waals surface area contributed by atoms with E-state index in [1.54, 1.807) is 19.9 Å². The van der Waals surface area contributed by atoms with E-state index >= 15 is 0 Å². The first-order valence-corrected chi connectivity index (χ1v) is 5.54. The number of fused-ring (bicyclic) bond motifs is 1. The largest absolute Gasteiger partial charge is 0.479 e. The van der Waals surface area contributed by atoms with Crippen molar-refractivity contribution >= 4 is 17.0 Å². The number of aliphatic carboxylic acids is 1. The van der Waals surface area contributed by atoms with Crippen LogP contribution in [0.1, 0.15) is 19.4 Å². The number of imidazole rings is 1. The molecule has 18 heavy (non-hydrogen) atoms. The van der Waals surface area contributed by atoms with Crippen molar-refractivity contribution in [3.8, 4) is 0 Å². The van der Waals surface area contributed by atoms with Gasteiger partial charge in [-0.15, -0.1) is 0 Å². The number of rotatable bonds is 3. The Morgan fingerprint density at radius 3 is 2.44 bits per heavy atom. The molecule has 1 aromatic carbocycles. The lowest BCUT2D eigenvalue weighted by Gasteiger charge is -2.27. The van der Waals surface area contributed by atoms with Crippen molar-refractivity contribution < 1.29 is 15.0 Å². The van der Waals surface area contributed by atoms with Crippen LogP contribution in [0.25, 0.3) is 11.0 Å². The third-order valence-corrected chi connectivity index (χ3v) is 3.12. The summed E-state index contributed by atoms with van der Waals surface area (Å²) in [6, 6.07) is 4.54. The van der Waals surface area contributed by atoms with Crippen LogP contribution >= 0.6 is 0 Å². The Morgan fingerprint density at radius 2 is 1.89 bits per heavy atom. The van der Waals surface area contributed by atoms with Crippen molar-refractivity contribution in [1.82, 2.24) is 9.97 Å². The maximum atomic E-state index is 11.3. The molecule has 0 aliphatic rings. The molecular formula is C12H14N2O4. The molecule has 6 nitrogen and oxygen atoms in total. The topological polar surface area (TPSA) is 106 Å². The van der Waals surface area contributed by atoms with Gasteiger partial charge in [-0.2, -0.15) is 0 Å². The zero-order chi connectivity index (χ0) is 13.5. The summed E-state index contributed by atoms with van der Waals surface area (Å²) < 4.78 is 0. The van der Waals surface area contributed by atoms with Crippen molar-refractivity contribution in [3.05, 3.63) is 34.2 Å². The maximum absolute atomic E-state index is 11.3. The van der Waals surface area contributed by atoms with Crippen LogP contribution < -0.4 is 5.69 Å². The van der Waals surface area contributed by atoms with Crippen LogP contribution in [0.15, 0.2) is 23.0 Å². The number of carbonyl (C=O) groups is 1. The standard InChI is InChI=1S/C12H14N2O4/c1-6(2)12(18,10(15)16)7-3-4-8-9(5-7)14-11(17)13-8/h3-6,18H,1-2H3,(H,15,16)(H2,13,14,17). The van der Waals surface area contributed by atoms with Gasteiger partial charge in [-0.1, -0.05) is 19.9 Å². The van der Waals surface area contributed by atoms with E-state index < -0.39 is 17.5 Å². The van der Waals surface area contributed by atoms with Gasteiger partial charge in [0.25, 0.3) is 0 Å². The average Bonchev–Trinajstić information content (AvgIpc) is 2.66. The van der Waals surface area contributed by atoms with Gasteiger partial charge in [0, 0.05) is 0 Å². The van der Waals surface area contributed by atoms with Gasteiger partial charge in [-0.3, -0.25) is 0 Å². The molecule has 1 atom stereocenters. The summed E-state index contributed by atoms with van der Waals surface area (Å²) >= 11 is 0. The predicted molar refractivity (Wildman–Crippen MR) is 65.3 cm³/mol. The molecule has 0 amide bonds. The Morgan fingerprint density at radius 1 is 1.28 bits per heavy atom. The van der Waals surface area contributed by atoms with Gasteiger partial charge in [0.2, 0.25) is 0 Å². The van der Waals surface area contributed by atoms with E-state index in [0.29, 0.717) is 11.0 Å². The molecule has 0 bridgehead atoms. The third kappa shape index (κ3) is 1.70. The molecule has 0 spiro atoms. The summed E-state index contributed by atoms with van der Waals surface area (Å²) in [5.41, 5.74) is -1.06. The quantitative estimate of drug-likeness (QED) is 0.646. The molecule has 1 heterocycles. The summed E-state index contributed by atoms with van der Waals surface area (Å²) in [4.78, 5) is 27.5. The van der Waals surface area contributed by atoms with Crippen LogP contribution in [-0.2, 0) is 10.4 Å². The highest BCUT2D eigenvalue weighted by atomic mass is 16.4. The lowest BCUT2D eigenvalue weighted by Crippen LogP contribution is -2.40. The highest BCUT2D eigenvalue weighted by molar-refractivity contribution is 5.83. The number of hydrogen-bond acceptors (Lipinski definition) is 3. The lowest BCUT2D eigenvalue weighted by molar-refractivity contribution is -0.165. The molecule has 0 saturated heterocycles. The van der Waals surface area contributed by atoms with Crippen molar-refractivity contribution in [1.29, 1.82) is 0 Å². The van der Waals surface area contributed by atoms with Crippen LogP contribution in [0.3, 0.4) is 0 Å². The number of H-pyrrole nitrogens is 2. The summed E-state index contributed by atoms with van der Waals surface area (Å²) in [7, 11) is 0. The molecule has 0 aliphatic carbocycles. The number of aromatic nitrogens is 2. The van der Waals surface area contributed by atoms with Gasteiger partial charge in [0.05, 0.1) is 11.0 Å². The molecule has 4 N–H and O–H groups in total. The van der Waals surface area contributed by atoms with Crippen molar-refractivity contribution in [3.63, 3.8) is 0 Å². The zero-order valence-electron chi connectivity index (χ0n) is 10.0. The number of aromatic amines is 2. The minimum atomic E-state index is -1.97. The Labute approximate surface area is 102 Å². The van der Waals surface area contributed by atoms with Gasteiger partial charge in [0.15, 0.2) is 5.60 Å². The zero-order valence-corrected chi connectivity index (χ0v) is 10.0. The van der Waals surface area contributed by atoms with E-state index in [1.807, 2.05) is 0 Å². The summed E-state index contributed by atoms with van der Waals surface area (Å²) in [5.74, 6) is -1.81. The summed E-state index contributed by atoms with van der Waals surface area (Å²) in [6.45, 7) is 3.25. The van der Waals surface area contributed by atoms with Crippen LogP contribution in [-0.4, -0.2) is 26.2 Å². The molecule has 96 valence electrons. The minimum Gasteiger partial charge on any atom is -0.479 e. The average molecular weight is 250 g/mol. The van der Waals surface area contributed by atoms with E-state index in [2.05, 4.69) is 9.97 Å². The summed E-state index contributed by atoms with van der Waals surface area (Å²) in [6.07, 6.45) is 0. The molecule has 0 radical (unpaired) electrons. The molecule has 1 unspecified atom stereocenters. The number of carboxylic acids is 1. The minimum absolute atomic E-state index is 0.243. The number of hydrogen-bond donors (Lipinski definition) is 4. The molecule has 6 heteroatoms. The van der Waals surface area contributed by atoms with Gasteiger partial charge >= 0.3 is 11.7 Å². The fourth-order valence-corrected chi connectivity index (χ4v) is 1.97. The van der Waals surface area contributed by atoms with E-state index in [4.69, 9.17) is 0 Å². The first-order valence-electron chi connectivity index (χ1n) is 5.54. The number of carboxylic acid groups (broad SMARTS) is 1. The fourth-order valence-electron chi connectivity index (χ4n) is 1.97. The summed E-state index contributed by atoms with van der Waals surface area (Å²) in [5, 5.41) is 19.5. The molecular weight excluding hydrogens is 236 g/mol. The monoisotopic (exact) mass is 250 g/mol. The first-order chi connectivity index (χ1) is 8.35. The number of aliphatic hydroxyl groups is 1. The van der Waals surface area contributed by atoms with Crippen LogP contribution in [0.2, 0.25) is 0 Å². The van der Waals surface area contributed by atoms with Crippen molar-refractivity contribution in [2.75, 3.05) is 0 Å². The lowest BCUT2D eigenvalue weighted by atomic mass is 9.83. The predicted octanol–water partition coefficient (Wildman–Crippen LogP) is 0.784. The van der Waals surface area contributed by atoms with E-state index in [0.717, 1.165) is 0 Å². The van der Waals surface area contributed by atoms with Gasteiger partial charge in [0.1, 0.15) is 0 Å². The Bertz CT molecular complexity index is 655. The van der Waals surface area contributed by atoms with E-state index in [9.17, 15) is 19.8 Å². The first kappa shape index (κ1) is 12.4. The second-order valence-corrected chi connectivity index (χ2v) is 4.57. The number of benzene rings is 1. The smallest absolute Gasteiger partial charge is 0.340 e. The van der Waals surface area contributed by atoms with Crippen molar-refractivity contribution in [2.24, 2.45) is 5.92 Å². The van der Waals surface area contributed by atoms with Gasteiger partial charge in [-0.05, 0) is 23.6 Å². The maximum Gasteiger partial charge on any atom is 0.340 e. The highest BCUT2D eigenvalue weighted by Crippen LogP contribution is 2.31. The van der Waals surface area contributed by atoms with Crippen LogP contribution in [0.4, 0.5) is 0 Å². The van der Waals surface area contributed by atoms with Crippen LogP contribution in [0, 0.1) is 5.92 Å². The number of nitrogens with one attached hydrogen (secondary N) is 2. The van der Waals surface area contributed by atoms with E-state index in [1.165, 1.54) is 12.1 Å². The Hall–Kier alpha value is -2.08. The van der Waals surface area contributed by atoms with E-state index in [-0.39, 0.29) is 11.3 Å². The molecule has 0 aliphatic heterocycles. The molecule has 2 aromatic rings.